The molecule has 1 amide bonds. The lowest BCUT2D eigenvalue weighted by atomic mass is 10.1. The predicted molar refractivity (Wildman–Crippen MR) is 75.1 cm³/mol. The molecule has 1 fully saturated rings. The number of pyridine rings is 1. The molecule has 4 heteroatoms. The van der Waals surface area contributed by atoms with Gasteiger partial charge in [-0.25, -0.2) is 0 Å². The summed E-state index contributed by atoms with van der Waals surface area (Å²) in [5.74, 6) is -0.00662. The van der Waals surface area contributed by atoms with Crippen molar-refractivity contribution in [2.45, 2.75) is 12.5 Å². The maximum absolute atomic E-state index is 12.2. The van der Waals surface area contributed by atoms with E-state index < -0.39 is 0 Å². The average Bonchev–Trinajstić information content (AvgIpc) is 2.83. The molecule has 1 aliphatic heterocycles. The fourth-order valence-electron chi connectivity index (χ4n) is 2.53. The number of nitrogens with zero attached hydrogens (tertiary/aromatic N) is 2. The van der Waals surface area contributed by atoms with Gasteiger partial charge in [0.15, 0.2) is 0 Å². The molecule has 1 saturated heterocycles. The fraction of sp³-hybridized carbons (Fsp3) is 0.333. The Morgan fingerprint density at radius 2 is 2.32 bits per heavy atom. The van der Waals surface area contributed by atoms with Crippen molar-refractivity contribution in [3.8, 4) is 0 Å². The predicted octanol–water partition coefficient (Wildman–Crippen LogP) is 1.67. The van der Waals surface area contributed by atoms with Gasteiger partial charge in [0.25, 0.3) is 5.91 Å². The second kappa shape index (κ2) is 4.97. The Balaban J connectivity index is 1.77. The average molecular weight is 255 g/mol. The smallest absolute Gasteiger partial charge is 0.251 e. The number of carbonyl (C=O) groups is 1. The second-order valence-corrected chi connectivity index (χ2v) is 5.13. The summed E-state index contributed by atoms with van der Waals surface area (Å²) in [5, 5.41) is 4.14. The van der Waals surface area contributed by atoms with Crippen molar-refractivity contribution in [3.05, 3.63) is 42.1 Å². The van der Waals surface area contributed by atoms with E-state index in [1.165, 1.54) is 0 Å². The van der Waals surface area contributed by atoms with Gasteiger partial charge in [0.05, 0.1) is 5.52 Å². The van der Waals surface area contributed by atoms with Crippen molar-refractivity contribution in [3.63, 3.8) is 0 Å². The largest absolute Gasteiger partial charge is 0.348 e. The van der Waals surface area contributed by atoms with E-state index in [2.05, 4.69) is 22.2 Å². The van der Waals surface area contributed by atoms with Crippen LogP contribution in [0.25, 0.3) is 10.9 Å². The minimum absolute atomic E-state index is 0.00662. The fourth-order valence-corrected chi connectivity index (χ4v) is 2.53. The molecule has 98 valence electrons. The van der Waals surface area contributed by atoms with Crippen molar-refractivity contribution in [1.29, 1.82) is 0 Å². The van der Waals surface area contributed by atoms with Crippen molar-refractivity contribution < 1.29 is 4.79 Å². The van der Waals surface area contributed by atoms with Crippen LogP contribution in [0.4, 0.5) is 0 Å². The minimum Gasteiger partial charge on any atom is -0.348 e. The van der Waals surface area contributed by atoms with Gasteiger partial charge in [-0.15, -0.1) is 0 Å². The van der Waals surface area contributed by atoms with Gasteiger partial charge in [-0.3, -0.25) is 9.78 Å². The number of hydrogen-bond donors (Lipinski definition) is 1. The number of aromatic nitrogens is 1. The molecular formula is C15H17N3O. The molecule has 2 aromatic rings. The van der Waals surface area contributed by atoms with Crippen molar-refractivity contribution >= 4 is 16.8 Å². The lowest BCUT2D eigenvalue weighted by molar-refractivity contribution is 0.0938. The van der Waals surface area contributed by atoms with Gasteiger partial charge in [0.1, 0.15) is 0 Å². The Hall–Kier alpha value is -1.94. The normalized spacial score (nSPS) is 19.7. The van der Waals surface area contributed by atoms with Crippen molar-refractivity contribution in [2.24, 2.45) is 0 Å². The highest BCUT2D eigenvalue weighted by atomic mass is 16.1. The molecule has 0 spiro atoms. The zero-order valence-corrected chi connectivity index (χ0v) is 11.0. The maximum atomic E-state index is 12.2. The van der Waals surface area contributed by atoms with E-state index >= 15 is 0 Å². The number of amides is 1. The Morgan fingerprint density at radius 3 is 3.11 bits per heavy atom. The molecule has 1 N–H and O–H groups in total. The third kappa shape index (κ3) is 2.58. The highest BCUT2D eigenvalue weighted by Crippen LogP contribution is 2.14. The first-order valence-corrected chi connectivity index (χ1v) is 6.56. The summed E-state index contributed by atoms with van der Waals surface area (Å²) in [5.41, 5.74) is 1.54. The number of fused-ring (bicyclic) bond motifs is 1. The molecular weight excluding hydrogens is 238 g/mol. The zero-order chi connectivity index (χ0) is 13.2. The van der Waals surface area contributed by atoms with Crippen LogP contribution in [-0.4, -0.2) is 42.0 Å². The zero-order valence-electron chi connectivity index (χ0n) is 11.0. The Labute approximate surface area is 112 Å². The Kier molecular flexibility index (Phi) is 3.17. The van der Waals surface area contributed by atoms with Crippen LogP contribution in [0, 0.1) is 0 Å². The number of likely N-dealkylation sites (tertiary alicyclic amines) is 1. The summed E-state index contributed by atoms with van der Waals surface area (Å²) in [7, 11) is 2.08. The molecule has 0 radical (unpaired) electrons. The van der Waals surface area contributed by atoms with Crippen LogP contribution in [0.2, 0.25) is 0 Å². The quantitative estimate of drug-likeness (QED) is 0.888. The lowest BCUT2D eigenvalue weighted by Crippen LogP contribution is -2.36. The third-order valence-electron chi connectivity index (χ3n) is 3.59. The molecule has 3 rings (SSSR count). The summed E-state index contributed by atoms with van der Waals surface area (Å²) in [6, 6.07) is 9.81. The van der Waals surface area contributed by atoms with Gasteiger partial charge in [-0.05, 0) is 38.2 Å². The Morgan fingerprint density at radius 1 is 1.42 bits per heavy atom. The number of benzene rings is 1. The second-order valence-electron chi connectivity index (χ2n) is 5.13. The van der Waals surface area contributed by atoms with Crippen LogP contribution in [0.5, 0.6) is 0 Å². The molecule has 4 nitrogen and oxygen atoms in total. The molecule has 1 atom stereocenters. The summed E-state index contributed by atoms with van der Waals surface area (Å²) < 4.78 is 0. The van der Waals surface area contributed by atoms with Crippen LogP contribution in [0.15, 0.2) is 36.5 Å². The van der Waals surface area contributed by atoms with E-state index in [0.29, 0.717) is 5.56 Å². The van der Waals surface area contributed by atoms with E-state index in [4.69, 9.17) is 0 Å². The van der Waals surface area contributed by atoms with Gasteiger partial charge >= 0.3 is 0 Å². The van der Waals surface area contributed by atoms with Gasteiger partial charge in [0, 0.05) is 29.7 Å². The van der Waals surface area contributed by atoms with E-state index in [1.54, 1.807) is 6.20 Å². The molecule has 0 saturated carbocycles. The van der Waals surface area contributed by atoms with Crippen molar-refractivity contribution in [1.82, 2.24) is 15.2 Å². The molecule has 0 aliphatic carbocycles. The molecule has 1 aliphatic rings. The molecule has 0 bridgehead atoms. The third-order valence-corrected chi connectivity index (χ3v) is 3.59. The van der Waals surface area contributed by atoms with Crippen LogP contribution in [-0.2, 0) is 0 Å². The molecule has 1 unspecified atom stereocenters. The molecule has 1 aromatic carbocycles. The first kappa shape index (κ1) is 12.1. The monoisotopic (exact) mass is 255 g/mol. The number of nitrogens with one attached hydrogen (secondary N) is 1. The van der Waals surface area contributed by atoms with Gasteiger partial charge in [0.2, 0.25) is 0 Å². The van der Waals surface area contributed by atoms with E-state index in [-0.39, 0.29) is 11.9 Å². The van der Waals surface area contributed by atoms with E-state index in [0.717, 1.165) is 30.4 Å². The standard InChI is InChI=1S/C15H17N3O/c1-18-8-6-13(10-18)17-15(19)12-5-4-11-3-2-7-16-14(11)9-12/h2-5,7,9,13H,6,8,10H2,1H3,(H,17,19). The molecule has 2 heterocycles. The van der Waals surface area contributed by atoms with Crippen LogP contribution >= 0.6 is 0 Å². The summed E-state index contributed by atoms with van der Waals surface area (Å²) in [6.07, 6.45) is 2.77. The van der Waals surface area contributed by atoms with Gasteiger partial charge < -0.3 is 10.2 Å². The van der Waals surface area contributed by atoms with Crippen LogP contribution < -0.4 is 5.32 Å². The number of likely N-dealkylation sites (N-methyl/N-ethyl adjacent to an activating group) is 1. The van der Waals surface area contributed by atoms with Gasteiger partial charge in [-0.1, -0.05) is 12.1 Å². The Bertz CT molecular complexity index is 611. The van der Waals surface area contributed by atoms with E-state index in [1.807, 2.05) is 30.3 Å². The molecule has 1 aromatic heterocycles. The minimum atomic E-state index is -0.00662. The van der Waals surface area contributed by atoms with E-state index in [9.17, 15) is 4.79 Å². The SMILES string of the molecule is CN1CCC(NC(=O)c2ccc3cccnc3c2)C1. The highest BCUT2D eigenvalue weighted by Gasteiger charge is 2.21. The highest BCUT2D eigenvalue weighted by molar-refractivity contribution is 5.97. The first-order valence-electron chi connectivity index (χ1n) is 6.56. The summed E-state index contributed by atoms with van der Waals surface area (Å²) >= 11 is 0. The number of hydrogen-bond acceptors (Lipinski definition) is 3. The van der Waals surface area contributed by atoms with Crippen LogP contribution in [0.3, 0.4) is 0 Å². The number of rotatable bonds is 2. The van der Waals surface area contributed by atoms with Gasteiger partial charge in [-0.2, -0.15) is 0 Å². The van der Waals surface area contributed by atoms with Crippen molar-refractivity contribution in [2.75, 3.05) is 20.1 Å². The maximum Gasteiger partial charge on any atom is 0.251 e. The topological polar surface area (TPSA) is 45.2 Å². The number of carbonyl (C=O) groups excluding carboxylic acids is 1. The molecule has 19 heavy (non-hydrogen) atoms. The first-order chi connectivity index (χ1) is 9.22. The summed E-state index contributed by atoms with van der Waals surface area (Å²) in [6.45, 7) is 1.97. The summed E-state index contributed by atoms with van der Waals surface area (Å²) in [4.78, 5) is 18.7. The van der Waals surface area contributed by atoms with Crippen LogP contribution in [0.1, 0.15) is 16.8 Å². The lowest BCUT2D eigenvalue weighted by Gasteiger charge is -2.13.